The number of carbonyl (C=O) groups is 2. The minimum Gasteiger partial charge on any atom is -0.466 e. The molecule has 7 nitrogen and oxygen atoms in total. The van der Waals surface area contributed by atoms with Gasteiger partial charge in [-0.2, -0.15) is 5.10 Å². The summed E-state index contributed by atoms with van der Waals surface area (Å²) in [5.41, 5.74) is 2.13. The first-order valence-corrected chi connectivity index (χ1v) is 9.87. The van der Waals surface area contributed by atoms with E-state index in [1.165, 1.54) is 7.11 Å². The van der Waals surface area contributed by atoms with Crippen LogP contribution in [-0.2, 0) is 20.9 Å². The summed E-state index contributed by atoms with van der Waals surface area (Å²) in [6, 6.07) is 8.88. The van der Waals surface area contributed by atoms with Gasteiger partial charge in [0.1, 0.15) is 0 Å². The first kappa shape index (κ1) is 21.8. The smallest absolute Gasteiger partial charge is 0.331 e. The summed E-state index contributed by atoms with van der Waals surface area (Å²) in [5, 5.41) is 11.1. The standard InChI is InChI=1S/C20H26N4O3S/c1-13(2)24(14(3)4)12-16-9-7-6-8-15(16)11-21-23-20-22-19(26)17(28-20)10-18(25)27-5/h6-11,13-14H,12H2,1-5H3,(H,22,23,26)/b17-10+,21-11?. The zero-order valence-corrected chi connectivity index (χ0v) is 17.6. The van der Waals surface area contributed by atoms with Gasteiger partial charge in [0.2, 0.25) is 0 Å². The third-order valence-corrected chi connectivity index (χ3v) is 5.08. The summed E-state index contributed by atoms with van der Waals surface area (Å²) >= 11 is 1.05. The highest BCUT2D eigenvalue weighted by Gasteiger charge is 2.25. The molecule has 1 aromatic rings. The van der Waals surface area contributed by atoms with E-state index in [0.29, 0.717) is 17.3 Å². The van der Waals surface area contributed by atoms with Crippen LogP contribution in [0.4, 0.5) is 0 Å². The van der Waals surface area contributed by atoms with Crippen LogP contribution in [0.25, 0.3) is 0 Å². The number of ether oxygens (including phenoxy) is 1. The lowest BCUT2D eigenvalue weighted by Gasteiger charge is -2.31. The van der Waals surface area contributed by atoms with Gasteiger partial charge < -0.3 is 4.74 Å². The van der Waals surface area contributed by atoms with E-state index >= 15 is 0 Å². The minimum atomic E-state index is -0.587. The molecule has 0 unspecified atom stereocenters. The van der Waals surface area contributed by atoms with Crippen LogP contribution in [0.5, 0.6) is 0 Å². The number of hydrogen-bond donors (Lipinski definition) is 1. The Bertz CT molecular complexity index is 807. The highest BCUT2D eigenvalue weighted by Crippen LogP contribution is 2.23. The van der Waals surface area contributed by atoms with E-state index in [1.54, 1.807) is 6.21 Å². The summed E-state index contributed by atoms with van der Waals surface area (Å²) in [6.45, 7) is 9.54. The number of hydrogen-bond acceptors (Lipinski definition) is 7. The summed E-state index contributed by atoms with van der Waals surface area (Å²) in [7, 11) is 1.26. The molecule has 0 spiro atoms. The summed E-state index contributed by atoms with van der Waals surface area (Å²) in [5.74, 6) is -0.981. The Morgan fingerprint density at radius 1 is 1.25 bits per heavy atom. The highest BCUT2D eigenvalue weighted by molar-refractivity contribution is 8.18. The van der Waals surface area contributed by atoms with Gasteiger partial charge in [0, 0.05) is 24.7 Å². The van der Waals surface area contributed by atoms with Gasteiger partial charge in [-0.15, -0.1) is 5.10 Å². The molecule has 1 saturated heterocycles. The number of nitrogens with one attached hydrogen (secondary N) is 1. The van der Waals surface area contributed by atoms with E-state index in [4.69, 9.17) is 0 Å². The number of esters is 1. The number of methoxy groups -OCH3 is 1. The molecule has 1 aromatic carbocycles. The van der Waals surface area contributed by atoms with E-state index in [1.807, 2.05) is 18.2 Å². The minimum absolute atomic E-state index is 0.228. The number of nitrogens with zero attached hydrogens (tertiary/aromatic N) is 3. The molecule has 1 aliphatic rings. The van der Waals surface area contributed by atoms with E-state index < -0.39 is 11.9 Å². The van der Waals surface area contributed by atoms with Crippen LogP contribution < -0.4 is 5.32 Å². The van der Waals surface area contributed by atoms with E-state index in [-0.39, 0.29) is 4.91 Å². The second-order valence-corrected chi connectivity index (χ2v) is 7.83. The van der Waals surface area contributed by atoms with Crippen LogP contribution in [0, 0.1) is 0 Å². The maximum Gasteiger partial charge on any atom is 0.331 e. The van der Waals surface area contributed by atoms with E-state index in [9.17, 15) is 9.59 Å². The van der Waals surface area contributed by atoms with Crippen LogP contribution in [-0.4, -0.2) is 47.4 Å². The molecule has 28 heavy (non-hydrogen) atoms. The quantitative estimate of drug-likeness (QED) is 0.328. The Morgan fingerprint density at radius 2 is 1.93 bits per heavy atom. The maximum atomic E-state index is 11.8. The van der Waals surface area contributed by atoms with Crippen molar-refractivity contribution in [1.82, 2.24) is 10.2 Å². The number of amidine groups is 1. The topological polar surface area (TPSA) is 83.4 Å². The van der Waals surface area contributed by atoms with Crippen molar-refractivity contribution in [3.05, 3.63) is 46.4 Å². The fourth-order valence-electron chi connectivity index (χ4n) is 2.75. The third kappa shape index (κ3) is 6.03. The van der Waals surface area contributed by atoms with Crippen LogP contribution >= 0.6 is 11.8 Å². The van der Waals surface area contributed by atoms with Gasteiger partial charge in [0.05, 0.1) is 18.2 Å². The van der Waals surface area contributed by atoms with Gasteiger partial charge in [0.15, 0.2) is 5.17 Å². The van der Waals surface area contributed by atoms with Crippen molar-refractivity contribution < 1.29 is 14.3 Å². The fourth-order valence-corrected chi connectivity index (χ4v) is 3.49. The lowest BCUT2D eigenvalue weighted by atomic mass is 10.1. The molecule has 0 bridgehead atoms. The van der Waals surface area contributed by atoms with Gasteiger partial charge in [-0.05, 0) is 50.6 Å². The zero-order chi connectivity index (χ0) is 20.7. The largest absolute Gasteiger partial charge is 0.466 e. The molecule has 0 atom stereocenters. The van der Waals surface area contributed by atoms with E-state index in [0.717, 1.165) is 35.5 Å². The van der Waals surface area contributed by atoms with Gasteiger partial charge >= 0.3 is 5.97 Å². The molecule has 1 aliphatic heterocycles. The monoisotopic (exact) mass is 402 g/mol. The van der Waals surface area contributed by atoms with Gasteiger partial charge in [-0.3, -0.25) is 15.0 Å². The third-order valence-electron chi connectivity index (χ3n) is 4.18. The SMILES string of the molecule is COC(=O)/C=C1/S/C(=N\N=Cc2ccccc2CN(C(C)C)C(C)C)NC1=O. The zero-order valence-electron chi connectivity index (χ0n) is 16.8. The molecule has 150 valence electrons. The van der Waals surface area contributed by atoms with Crippen molar-refractivity contribution in [2.75, 3.05) is 7.11 Å². The molecule has 8 heteroatoms. The molecule has 0 aromatic heterocycles. The number of carbonyl (C=O) groups excluding carboxylic acids is 2. The molecule has 0 radical (unpaired) electrons. The predicted octanol–water partition coefficient (Wildman–Crippen LogP) is 2.92. The van der Waals surface area contributed by atoms with Crippen LogP contribution in [0.1, 0.15) is 38.8 Å². The van der Waals surface area contributed by atoms with Crippen molar-refractivity contribution in [3.8, 4) is 0 Å². The Hall–Kier alpha value is -2.45. The Balaban J connectivity index is 2.13. The second kappa shape index (κ2) is 10.2. The highest BCUT2D eigenvalue weighted by atomic mass is 32.2. The second-order valence-electron chi connectivity index (χ2n) is 6.80. The van der Waals surface area contributed by atoms with Crippen LogP contribution in [0.2, 0.25) is 0 Å². The number of thioether (sulfide) groups is 1. The van der Waals surface area contributed by atoms with E-state index in [2.05, 4.69) is 58.9 Å². The van der Waals surface area contributed by atoms with Crippen molar-refractivity contribution in [3.63, 3.8) is 0 Å². The maximum absolute atomic E-state index is 11.8. The van der Waals surface area contributed by atoms with Crippen LogP contribution in [0.15, 0.2) is 45.4 Å². The normalized spacial score (nSPS) is 17.5. The molecule has 1 heterocycles. The lowest BCUT2D eigenvalue weighted by molar-refractivity contribution is -0.135. The van der Waals surface area contributed by atoms with Gasteiger partial charge in [-0.25, -0.2) is 4.79 Å². The first-order valence-electron chi connectivity index (χ1n) is 9.05. The predicted molar refractivity (Wildman–Crippen MR) is 113 cm³/mol. The molecule has 1 amide bonds. The summed E-state index contributed by atoms with van der Waals surface area (Å²) < 4.78 is 4.53. The fraction of sp³-hybridized carbons (Fsp3) is 0.400. The van der Waals surface area contributed by atoms with Crippen LogP contribution in [0.3, 0.4) is 0 Å². The van der Waals surface area contributed by atoms with Crippen molar-refractivity contribution >= 4 is 35.0 Å². The molecule has 1 N–H and O–H groups in total. The average Bonchev–Trinajstić information content (AvgIpc) is 2.99. The van der Waals surface area contributed by atoms with Crippen molar-refractivity contribution in [2.24, 2.45) is 10.2 Å². The van der Waals surface area contributed by atoms with Gasteiger partial charge in [0.25, 0.3) is 5.91 Å². The lowest BCUT2D eigenvalue weighted by Crippen LogP contribution is -2.36. The molecular formula is C20H26N4O3S. The van der Waals surface area contributed by atoms with Crippen molar-refractivity contribution in [2.45, 2.75) is 46.3 Å². The molecule has 1 fully saturated rings. The summed E-state index contributed by atoms with van der Waals surface area (Å²) in [4.78, 5) is 25.7. The molecular weight excluding hydrogens is 376 g/mol. The molecule has 0 saturated carbocycles. The molecule has 2 rings (SSSR count). The summed E-state index contributed by atoms with van der Waals surface area (Å²) in [6.07, 6.45) is 2.81. The molecule has 0 aliphatic carbocycles. The Morgan fingerprint density at radius 3 is 2.57 bits per heavy atom. The average molecular weight is 403 g/mol. The van der Waals surface area contributed by atoms with Gasteiger partial charge in [-0.1, -0.05) is 24.3 Å². The number of rotatable bonds is 7. The first-order chi connectivity index (χ1) is 13.3. The number of amides is 1. The van der Waals surface area contributed by atoms with Crippen molar-refractivity contribution in [1.29, 1.82) is 0 Å². The Kier molecular flexibility index (Phi) is 7.95. The Labute approximate surface area is 169 Å². The number of benzene rings is 1.